The quantitative estimate of drug-likeness (QED) is 0.787. The lowest BCUT2D eigenvalue weighted by atomic mass is 10.1. The van der Waals surface area contributed by atoms with Crippen LogP contribution in [0.1, 0.15) is 30.0 Å². The van der Waals surface area contributed by atoms with Gasteiger partial charge in [0.1, 0.15) is 17.3 Å². The molecule has 0 bridgehead atoms. The van der Waals surface area contributed by atoms with Crippen molar-refractivity contribution in [1.82, 2.24) is 15.3 Å². The second-order valence-corrected chi connectivity index (χ2v) is 5.79. The third kappa shape index (κ3) is 3.46. The number of aliphatic hydroxyl groups excluding tert-OH is 1. The molecule has 0 aliphatic carbocycles. The molecule has 3 N–H and O–H groups in total. The molecule has 1 aromatic carbocycles. The van der Waals surface area contributed by atoms with Crippen molar-refractivity contribution in [1.29, 1.82) is 0 Å². The zero-order valence-corrected chi connectivity index (χ0v) is 13.2. The van der Waals surface area contributed by atoms with E-state index in [2.05, 4.69) is 15.3 Å². The maximum atomic E-state index is 12.3. The number of benzene rings is 1. The Kier molecular flexibility index (Phi) is 4.51. The van der Waals surface area contributed by atoms with E-state index < -0.39 is 5.54 Å². The number of hydrogen-bond donors (Lipinski definition) is 3. The lowest BCUT2D eigenvalue weighted by molar-refractivity contribution is 0.0864. The summed E-state index contributed by atoms with van der Waals surface area (Å²) in [6.45, 7) is 5.13. The van der Waals surface area contributed by atoms with Crippen molar-refractivity contribution >= 4 is 5.91 Å². The highest BCUT2D eigenvalue weighted by Gasteiger charge is 2.23. The predicted molar refractivity (Wildman–Crippen MR) is 83.9 cm³/mol. The molecule has 0 saturated carbocycles. The van der Waals surface area contributed by atoms with Gasteiger partial charge < -0.3 is 20.1 Å². The molecule has 1 amide bonds. The fourth-order valence-corrected chi connectivity index (χ4v) is 1.99. The number of aromatic nitrogens is 2. The standard InChI is InChI=1S/C16H21N3O3/c1-10-13(15(21)19-16(2,3)9-20)18-14(17-10)11-6-5-7-12(8-11)22-4/h5-8,20H,9H2,1-4H3,(H,17,18)(H,19,21). The molecule has 0 radical (unpaired) electrons. The van der Waals surface area contributed by atoms with Crippen LogP contribution in [0.15, 0.2) is 24.3 Å². The minimum Gasteiger partial charge on any atom is -0.497 e. The lowest BCUT2D eigenvalue weighted by Crippen LogP contribution is -2.46. The lowest BCUT2D eigenvalue weighted by Gasteiger charge is -2.22. The number of amides is 1. The van der Waals surface area contributed by atoms with Gasteiger partial charge in [0.05, 0.1) is 19.3 Å². The highest BCUT2D eigenvalue weighted by Crippen LogP contribution is 2.22. The minimum absolute atomic E-state index is 0.148. The van der Waals surface area contributed by atoms with Gasteiger partial charge in [0, 0.05) is 11.3 Å². The van der Waals surface area contributed by atoms with Crippen molar-refractivity contribution in [2.75, 3.05) is 13.7 Å². The van der Waals surface area contributed by atoms with Gasteiger partial charge in [0.2, 0.25) is 0 Å². The Labute approximate surface area is 129 Å². The number of methoxy groups -OCH3 is 1. The molecule has 6 nitrogen and oxygen atoms in total. The normalized spacial score (nSPS) is 11.3. The molecule has 1 heterocycles. The molecule has 0 aliphatic rings. The van der Waals surface area contributed by atoms with Crippen LogP contribution >= 0.6 is 0 Å². The first-order valence-corrected chi connectivity index (χ1v) is 7.00. The van der Waals surface area contributed by atoms with Crippen LogP contribution in [0, 0.1) is 6.92 Å². The van der Waals surface area contributed by atoms with Crippen LogP contribution in [0.2, 0.25) is 0 Å². The SMILES string of the molecule is COc1cccc(-c2nc(C(=O)NC(C)(C)CO)c(C)[nH]2)c1. The molecule has 6 heteroatoms. The Balaban J connectivity index is 2.29. The number of hydrogen-bond acceptors (Lipinski definition) is 4. The van der Waals surface area contributed by atoms with Crippen molar-refractivity contribution in [2.24, 2.45) is 0 Å². The van der Waals surface area contributed by atoms with Gasteiger partial charge in [-0.25, -0.2) is 4.98 Å². The molecule has 0 aliphatic heterocycles. The molecule has 1 aromatic heterocycles. The fourth-order valence-electron chi connectivity index (χ4n) is 1.99. The van der Waals surface area contributed by atoms with Crippen LogP contribution in [0.4, 0.5) is 0 Å². The molecule has 118 valence electrons. The Hall–Kier alpha value is -2.34. The monoisotopic (exact) mass is 303 g/mol. The Morgan fingerprint density at radius 2 is 2.18 bits per heavy atom. The Morgan fingerprint density at radius 3 is 2.82 bits per heavy atom. The predicted octanol–water partition coefficient (Wildman–Crippen LogP) is 1.89. The Bertz CT molecular complexity index is 677. The minimum atomic E-state index is -0.696. The van der Waals surface area contributed by atoms with Crippen molar-refractivity contribution in [3.8, 4) is 17.1 Å². The first kappa shape index (κ1) is 16.0. The summed E-state index contributed by atoms with van der Waals surface area (Å²) in [4.78, 5) is 19.8. The van der Waals surface area contributed by atoms with Crippen LogP contribution in [0.25, 0.3) is 11.4 Å². The number of imidazole rings is 1. The summed E-state index contributed by atoms with van der Waals surface area (Å²) in [5, 5.41) is 12.0. The van der Waals surface area contributed by atoms with Crippen LogP contribution in [0.3, 0.4) is 0 Å². The molecule has 2 aromatic rings. The first-order chi connectivity index (χ1) is 10.4. The number of aromatic amines is 1. The molecule has 0 fully saturated rings. The summed E-state index contributed by atoms with van der Waals surface area (Å²) in [6, 6.07) is 7.44. The number of ether oxygens (including phenoxy) is 1. The van der Waals surface area contributed by atoms with E-state index in [9.17, 15) is 9.90 Å². The third-order valence-corrected chi connectivity index (χ3v) is 3.29. The molecule has 0 saturated heterocycles. The van der Waals surface area contributed by atoms with Crippen LogP contribution < -0.4 is 10.1 Å². The molecule has 2 rings (SSSR count). The van der Waals surface area contributed by atoms with E-state index in [1.54, 1.807) is 27.9 Å². The topological polar surface area (TPSA) is 87.2 Å². The summed E-state index contributed by atoms with van der Waals surface area (Å²) >= 11 is 0. The molecular formula is C16H21N3O3. The van der Waals surface area contributed by atoms with Gasteiger partial charge in [-0.05, 0) is 32.9 Å². The van der Waals surface area contributed by atoms with Crippen molar-refractivity contribution in [3.63, 3.8) is 0 Å². The highest BCUT2D eigenvalue weighted by molar-refractivity contribution is 5.94. The van der Waals surface area contributed by atoms with Gasteiger partial charge in [-0.3, -0.25) is 4.79 Å². The smallest absolute Gasteiger partial charge is 0.272 e. The number of nitrogens with zero attached hydrogens (tertiary/aromatic N) is 1. The molecule has 0 spiro atoms. The summed E-state index contributed by atoms with van der Waals surface area (Å²) in [7, 11) is 1.60. The van der Waals surface area contributed by atoms with Crippen molar-refractivity contribution in [3.05, 3.63) is 35.7 Å². The zero-order chi connectivity index (χ0) is 16.3. The maximum Gasteiger partial charge on any atom is 0.272 e. The van der Waals surface area contributed by atoms with Crippen LogP contribution in [-0.2, 0) is 0 Å². The summed E-state index contributed by atoms with van der Waals surface area (Å²) in [6.07, 6.45) is 0. The number of carbonyl (C=O) groups excluding carboxylic acids is 1. The number of rotatable bonds is 5. The van der Waals surface area contributed by atoms with E-state index >= 15 is 0 Å². The van der Waals surface area contributed by atoms with Crippen LogP contribution in [0.5, 0.6) is 5.75 Å². The largest absolute Gasteiger partial charge is 0.497 e. The van der Waals surface area contributed by atoms with Gasteiger partial charge in [-0.2, -0.15) is 0 Å². The number of nitrogens with one attached hydrogen (secondary N) is 2. The highest BCUT2D eigenvalue weighted by atomic mass is 16.5. The van der Waals surface area contributed by atoms with E-state index in [1.807, 2.05) is 24.3 Å². The summed E-state index contributed by atoms with van der Waals surface area (Å²) in [5.74, 6) is 1.00. The summed E-state index contributed by atoms with van der Waals surface area (Å²) in [5.41, 5.74) is 1.13. The second kappa shape index (κ2) is 6.19. The van der Waals surface area contributed by atoms with Gasteiger partial charge in [-0.1, -0.05) is 12.1 Å². The fraction of sp³-hybridized carbons (Fsp3) is 0.375. The average molecular weight is 303 g/mol. The van der Waals surface area contributed by atoms with Crippen LogP contribution in [-0.4, -0.2) is 40.2 Å². The molecule has 0 atom stereocenters. The second-order valence-electron chi connectivity index (χ2n) is 5.79. The van der Waals surface area contributed by atoms with E-state index in [0.29, 0.717) is 17.2 Å². The number of aryl methyl sites for hydroxylation is 1. The molecule has 22 heavy (non-hydrogen) atoms. The van der Waals surface area contributed by atoms with Gasteiger partial charge in [-0.15, -0.1) is 0 Å². The maximum absolute atomic E-state index is 12.3. The van der Waals surface area contributed by atoms with Gasteiger partial charge in [0.15, 0.2) is 0 Å². The van der Waals surface area contributed by atoms with Crippen molar-refractivity contribution in [2.45, 2.75) is 26.3 Å². The van der Waals surface area contributed by atoms with E-state index in [0.717, 1.165) is 11.3 Å². The molecule has 0 unspecified atom stereocenters. The van der Waals surface area contributed by atoms with Gasteiger partial charge >= 0.3 is 0 Å². The molecular weight excluding hydrogens is 282 g/mol. The van der Waals surface area contributed by atoms with E-state index in [1.165, 1.54) is 0 Å². The number of aliphatic hydroxyl groups is 1. The third-order valence-electron chi connectivity index (χ3n) is 3.29. The summed E-state index contributed by atoms with van der Waals surface area (Å²) < 4.78 is 5.19. The number of H-pyrrole nitrogens is 1. The first-order valence-electron chi connectivity index (χ1n) is 7.00. The van der Waals surface area contributed by atoms with Gasteiger partial charge in [0.25, 0.3) is 5.91 Å². The van der Waals surface area contributed by atoms with Crippen molar-refractivity contribution < 1.29 is 14.6 Å². The van der Waals surface area contributed by atoms with E-state index in [-0.39, 0.29) is 12.5 Å². The Morgan fingerprint density at radius 1 is 1.45 bits per heavy atom. The average Bonchev–Trinajstić information content (AvgIpc) is 2.89. The zero-order valence-electron chi connectivity index (χ0n) is 13.2. The van der Waals surface area contributed by atoms with E-state index in [4.69, 9.17) is 4.74 Å². The number of carbonyl (C=O) groups is 1.